The molecule has 5 aromatic rings. The molecule has 10 fully saturated rings. The van der Waals surface area contributed by atoms with E-state index in [4.69, 9.17) is 0 Å². The molecule has 644 valence electrons. The van der Waals surface area contributed by atoms with E-state index in [0.717, 1.165) is 117 Å². The summed E-state index contributed by atoms with van der Waals surface area (Å²) in [5, 5.41) is 0. The second-order valence-corrected chi connectivity index (χ2v) is 41.0. The lowest BCUT2D eigenvalue weighted by Gasteiger charge is -2.38. The lowest BCUT2D eigenvalue weighted by atomic mass is 9.68. The topological polar surface area (TPSA) is 0 Å². The fourth-order valence-corrected chi connectivity index (χ4v) is 25.3. The highest BCUT2D eigenvalue weighted by molar-refractivity contribution is 5.31. The Bertz CT molecular complexity index is 3590. The van der Waals surface area contributed by atoms with E-state index in [-0.39, 0.29) is 29.1 Å². The van der Waals surface area contributed by atoms with Crippen molar-refractivity contribution in [2.45, 2.75) is 413 Å². The molecule has 5 heteroatoms. The third-order valence-corrected chi connectivity index (χ3v) is 33.7. The minimum Gasteiger partial charge on any atom is -0.207 e. The summed E-state index contributed by atoms with van der Waals surface area (Å²) >= 11 is 0. The third kappa shape index (κ3) is 27.5. The Kier molecular flexibility index (Phi) is 38.0. The highest BCUT2D eigenvalue weighted by atomic mass is 19.1. The summed E-state index contributed by atoms with van der Waals surface area (Å²) < 4.78 is 69.0. The van der Waals surface area contributed by atoms with Gasteiger partial charge in [-0.05, 0) is 444 Å². The van der Waals surface area contributed by atoms with E-state index >= 15 is 0 Å². The largest absolute Gasteiger partial charge is 0.207 e. The first-order valence-electron chi connectivity index (χ1n) is 49.8. The third-order valence-electron chi connectivity index (χ3n) is 33.7. The van der Waals surface area contributed by atoms with Crippen LogP contribution in [0.4, 0.5) is 22.0 Å². The summed E-state index contributed by atoms with van der Waals surface area (Å²) in [6, 6.07) is 29.4. The van der Waals surface area contributed by atoms with E-state index in [1.54, 1.807) is 30.3 Å². The van der Waals surface area contributed by atoms with Gasteiger partial charge in [-0.25, -0.2) is 22.0 Å². The molecule has 0 spiro atoms. The molecule has 0 aromatic heterocycles. The molecule has 0 atom stereocenters. The fourth-order valence-electron chi connectivity index (χ4n) is 25.3. The first kappa shape index (κ1) is 92.2. The van der Waals surface area contributed by atoms with Crippen LogP contribution in [0.5, 0.6) is 0 Å². The number of hydrogen-bond donors (Lipinski definition) is 0. The number of rotatable bonds is 21. The molecule has 0 aliphatic heterocycles. The second-order valence-electron chi connectivity index (χ2n) is 41.0. The van der Waals surface area contributed by atoms with Crippen molar-refractivity contribution in [1.29, 1.82) is 0 Å². The lowest BCUT2D eigenvalue weighted by molar-refractivity contribution is 0.155. The Morgan fingerprint density at radius 1 is 0.241 bits per heavy atom. The highest BCUT2D eigenvalue weighted by Gasteiger charge is 2.37. The molecule has 5 aromatic carbocycles. The minimum atomic E-state index is -0.0395. The smallest absolute Gasteiger partial charge is 0.126 e. The van der Waals surface area contributed by atoms with Gasteiger partial charge in [0.15, 0.2) is 0 Å². The van der Waals surface area contributed by atoms with Gasteiger partial charge in [0, 0.05) is 0 Å². The van der Waals surface area contributed by atoms with E-state index < -0.39 is 0 Å². The monoisotopic (exact) mass is 1590 g/mol. The molecule has 10 aliphatic carbocycles. The molecule has 0 unspecified atom stereocenters. The van der Waals surface area contributed by atoms with E-state index in [1.807, 2.05) is 65.0 Å². The minimum absolute atomic E-state index is 0.0268. The Morgan fingerprint density at radius 3 is 0.655 bits per heavy atom. The van der Waals surface area contributed by atoms with Gasteiger partial charge in [-0.3, -0.25) is 0 Å². The molecule has 10 saturated carbocycles. The average molecular weight is 1590 g/mol. The summed E-state index contributed by atoms with van der Waals surface area (Å²) in [6.45, 7) is 22.5. The zero-order chi connectivity index (χ0) is 81.9. The Balaban J connectivity index is 0.000000143. The summed E-state index contributed by atoms with van der Waals surface area (Å²) in [5.41, 5.74) is 10.0. The van der Waals surface area contributed by atoms with Crippen molar-refractivity contribution < 1.29 is 22.0 Å². The van der Waals surface area contributed by atoms with Crippen molar-refractivity contribution in [3.05, 3.63) is 188 Å². The van der Waals surface area contributed by atoms with Gasteiger partial charge < -0.3 is 0 Å². The number of allylic oxidation sites excluding steroid dienone is 1. The maximum Gasteiger partial charge on any atom is 0.126 e. The van der Waals surface area contributed by atoms with E-state index in [1.165, 1.54) is 349 Å². The van der Waals surface area contributed by atoms with Gasteiger partial charge in [0.05, 0.1) is 0 Å². The van der Waals surface area contributed by atoms with E-state index in [9.17, 15) is 22.0 Å². The van der Waals surface area contributed by atoms with Crippen LogP contribution < -0.4 is 0 Å². The maximum absolute atomic E-state index is 13.8. The van der Waals surface area contributed by atoms with Gasteiger partial charge in [-0.15, -0.1) is 6.58 Å². The lowest BCUT2D eigenvalue weighted by Crippen LogP contribution is -2.25. The molecule has 15 rings (SSSR count). The van der Waals surface area contributed by atoms with Crippen LogP contribution in [0, 0.1) is 152 Å². The van der Waals surface area contributed by atoms with Crippen molar-refractivity contribution in [2.75, 3.05) is 0 Å². The van der Waals surface area contributed by atoms with Crippen molar-refractivity contribution in [1.82, 2.24) is 0 Å². The molecule has 0 saturated heterocycles. The number of benzene rings is 5. The van der Waals surface area contributed by atoms with Crippen molar-refractivity contribution >= 4 is 0 Å². The average Bonchev–Trinajstić information content (AvgIpc) is 0.843. The number of aryl methyl sites for hydroxylation is 5. The van der Waals surface area contributed by atoms with Gasteiger partial charge in [0.1, 0.15) is 29.1 Å². The Hall–Kier alpha value is -4.51. The van der Waals surface area contributed by atoms with Crippen molar-refractivity contribution in [3.63, 3.8) is 0 Å². The van der Waals surface area contributed by atoms with Crippen LogP contribution in [-0.2, 0) is 0 Å². The summed E-state index contributed by atoms with van der Waals surface area (Å²) in [4.78, 5) is 0. The number of halogens is 5. The standard InChI is InChI=1S/C24H37F.C23H35F.C22H33F.C21H31F.C21H29F/c1-3-4-5-6-19-8-11-20(12-9-19)21-13-15-22(16-14-21)23-10-7-18(2)24(25)17-23;1-3-4-5-18-7-10-19(11-8-18)20-12-14-21(15-13-20)22-9-6-17(2)23(24)16-22;1-3-4-17-6-9-18(10-7-17)19-11-13-20(14-12-19)21-8-5-16(2)22(23)15-21;2*1-3-16-5-8-17(9-6-16)18-10-12-19(13-11-18)20-7-4-15(2)21(22)14-20/h7,10,17,19-22H,3-6,8-9,11-16H2,1-2H3;6,9,16,18-21H,3-5,7-8,10-15H2,1-2H3;5,8,15,17-20H,3-4,6-7,9-14H2,1-2H3;4,7,14,16-19H,3,5-6,8-13H2,1-2H3;3-4,7,14,16-19H,1,5-6,8-13H2,2H3. The Morgan fingerprint density at radius 2 is 0.448 bits per heavy atom. The van der Waals surface area contributed by atoms with Crippen LogP contribution in [0.25, 0.3) is 0 Å². The summed E-state index contributed by atoms with van der Waals surface area (Å²) in [6.07, 6.45) is 71.5. The second kappa shape index (κ2) is 47.8. The van der Waals surface area contributed by atoms with Crippen LogP contribution in [0.2, 0.25) is 0 Å². The normalized spacial score (nSPS) is 31.7. The van der Waals surface area contributed by atoms with Gasteiger partial charge in [0.2, 0.25) is 0 Å². The molecule has 0 nitrogen and oxygen atoms in total. The molecule has 0 N–H and O–H groups in total. The van der Waals surface area contributed by atoms with Crippen LogP contribution in [0.1, 0.15) is 434 Å². The summed E-state index contributed by atoms with van der Waals surface area (Å²) in [5.74, 6) is 17.2. The zero-order valence-corrected chi connectivity index (χ0v) is 75.2. The zero-order valence-electron chi connectivity index (χ0n) is 75.2. The van der Waals surface area contributed by atoms with Gasteiger partial charge in [-0.2, -0.15) is 0 Å². The van der Waals surface area contributed by atoms with Gasteiger partial charge >= 0.3 is 0 Å². The molecule has 10 aliphatic rings. The van der Waals surface area contributed by atoms with E-state index in [0.29, 0.717) is 29.6 Å². The van der Waals surface area contributed by atoms with Gasteiger partial charge in [0.25, 0.3) is 0 Å². The molecule has 0 heterocycles. The number of hydrogen-bond acceptors (Lipinski definition) is 0. The van der Waals surface area contributed by atoms with Crippen LogP contribution in [0.15, 0.2) is 104 Å². The van der Waals surface area contributed by atoms with Crippen molar-refractivity contribution in [2.24, 2.45) is 88.8 Å². The first-order valence-corrected chi connectivity index (χ1v) is 49.8. The fraction of sp³-hybridized carbons (Fsp3) is 0.712. The van der Waals surface area contributed by atoms with E-state index in [2.05, 4.69) is 70.7 Å². The SMILES string of the molecule is C=CC1CCC(C2CCC(c3ccc(C)c(F)c3)CC2)CC1.CCC1CCC(C2CCC(c3ccc(C)c(F)c3)CC2)CC1.CCCC1CCC(C2CCC(c3ccc(C)c(F)c3)CC2)CC1.CCCCC1CCC(C2CCC(c3ccc(C)c(F)c3)CC2)CC1.CCCCCC1CCC(C2CCC(c3ccc(C)c(F)c3)CC2)CC1. The Labute approximate surface area is 707 Å². The van der Waals surface area contributed by atoms with Crippen LogP contribution in [0.3, 0.4) is 0 Å². The molecule has 0 bridgehead atoms. The molecular formula is C111H165F5. The predicted molar refractivity (Wildman–Crippen MR) is 485 cm³/mol. The molecule has 116 heavy (non-hydrogen) atoms. The van der Waals surface area contributed by atoms with Crippen LogP contribution >= 0.6 is 0 Å². The van der Waals surface area contributed by atoms with Crippen LogP contribution in [-0.4, -0.2) is 0 Å². The highest BCUT2D eigenvalue weighted by Crippen LogP contribution is 2.51. The van der Waals surface area contributed by atoms with Gasteiger partial charge in [-0.1, -0.05) is 210 Å². The quantitative estimate of drug-likeness (QED) is 0.0390. The maximum atomic E-state index is 13.8. The summed E-state index contributed by atoms with van der Waals surface area (Å²) in [7, 11) is 0. The molecule has 0 radical (unpaired) electrons. The molecule has 0 amide bonds. The predicted octanol–water partition coefficient (Wildman–Crippen LogP) is 35.2. The first-order chi connectivity index (χ1) is 56.3. The van der Waals surface area contributed by atoms with Crippen molar-refractivity contribution in [3.8, 4) is 0 Å². The number of unbranched alkanes of at least 4 members (excludes halogenated alkanes) is 3. The molecular weight excluding hydrogens is 1430 g/mol.